The summed E-state index contributed by atoms with van der Waals surface area (Å²) in [4.78, 5) is 36.5. The third kappa shape index (κ3) is 2.70. The first-order valence-corrected chi connectivity index (χ1v) is 10.4. The van der Waals surface area contributed by atoms with Crippen molar-refractivity contribution in [3.05, 3.63) is 119 Å². The van der Waals surface area contributed by atoms with Crippen molar-refractivity contribution in [1.29, 1.82) is 0 Å². The van der Waals surface area contributed by atoms with E-state index in [-0.39, 0.29) is 11.6 Å². The molecule has 0 saturated carbocycles. The Hall–Kier alpha value is -4.44. The summed E-state index contributed by atoms with van der Waals surface area (Å²) >= 11 is 0. The molecule has 0 aliphatic heterocycles. The summed E-state index contributed by atoms with van der Waals surface area (Å²) in [5, 5.41) is 0. The van der Waals surface area contributed by atoms with E-state index in [1.165, 1.54) is 0 Å². The van der Waals surface area contributed by atoms with E-state index in [1.807, 2.05) is 60.7 Å². The summed E-state index contributed by atoms with van der Waals surface area (Å²) in [6.07, 6.45) is 0. The molecule has 32 heavy (non-hydrogen) atoms. The largest absolute Gasteiger partial charge is 0.289 e. The summed E-state index contributed by atoms with van der Waals surface area (Å²) in [5.74, 6) is -0.353. The van der Waals surface area contributed by atoms with Gasteiger partial charge in [0, 0.05) is 27.8 Å². The molecule has 0 atom stereocenters. The summed E-state index contributed by atoms with van der Waals surface area (Å²) < 4.78 is 0. The normalized spacial score (nSPS) is 12.5. The van der Waals surface area contributed by atoms with Crippen LogP contribution in [0.25, 0.3) is 33.5 Å². The Bertz CT molecular complexity index is 1540. The predicted molar refractivity (Wildman–Crippen MR) is 124 cm³/mol. The van der Waals surface area contributed by atoms with Gasteiger partial charge in [-0.2, -0.15) is 0 Å². The first-order valence-electron chi connectivity index (χ1n) is 10.4. The van der Waals surface area contributed by atoms with E-state index in [1.54, 1.807) is 36.4 Å². The number of hydrogen-bond acceptors (Lipinski definition) is 4. The summed E-state index contributed by atoms with van der Waals surface area (Å²) in [6.45, 7) is 0. The van der Waals surface area contributed by atoms with E-state index in [2.05, 4.69) is 0 Å². The number of fused-ring (bicyclic) bond motifs is 4. The minimum Gasteiger partial charge on any atom is -0.289 e. The van der Waals surface area contributed by atoms with Crippen LogP contribution in [0.5, 0.6) is 0 Å². The maximum Gasteiger partial charge on any atom is 0.196 e. The van der Waals surface area contributed by atoms with Crippen LogP contribution in [0.2, 0.25) is 0 Å². The van der Waals surface area contributed by atoms with Crippen LogP contribution < -0.4 is 0 Å². The van der Waals surface area contributed by atoms with E-state index < -0.39 is 0 Å². The molecule has 0 fully saturated rings. The minimum absolute atomic E-state index is 0.160. The number of carbonyl (C=O) groups excluding carboxylic acids is 2. The Morgan fingerprint density at radius 3 is 1.62 bits per heavy atom. The van der Waals surface area contributed by atoms with Gasteiger partial charge in [0.1, 0.15) is 5.52 Å². The topological polar surface area (TPSA) is 59.9 Å². The average molecular weight is 412 g/mol. The highest BCUT2D eigenvalue weighted by molar-refractivity contribution is 6.31. The minimum atomic E-state index is -0.193. The molecule has 6 rings (SSSR count). The van der Waals surface area contributed by atoms with Crippen LogP contribution in [0.3, 0.4) is 0 Å². The van der Waals surface area contributed by atoms with Gasteiger partial charge >= 0.3 is 0 Å². The maximum atomic E-state index is 13.5. The first-order chi connectivity index (χ1) is 15.7. The molecule has 5 aromatic rings. The zero-order chi connectivity index (χ0) is 21.7. The number of rotatable bonds is 2. The molecular formula is C28H16N2O2. The predicted octanol–water partition coefficient (Wildman–Crippen LogP) is 5.74. The van der Waals surface area contributed by atoms with Crippen LogP contribution in [-0.4, -0.2) is 21.5 Å². The van der Waals surface area contributed by atoms with Gasteiger partial charge in [-0.25, -0.2) is 9.97 Å². The summed E-state index contributed by atoms with van der Waals surface area (Å²) in [5.41, 5.74) is 5.83. The fourth-order valence-corrected chi connectivity index (χ4v) is 4.29. The van der Waals surface area contributed by atoms with Gasteiger partial charge in [0.25, 0.3) is 0 Å². The molecule has 0 N–H and O–H groups in total. The van der Waals surface area contributed by atoms with E-state index in [0.717, 1.165) is 16.8 Å². The van der Waals surface area contributed by atoms with Crippen LogP contribution in [0.4, 0.5) is 0 Å². The fourth-order valence-electron chi connectivity index (χ4n) is 4.29. The van der Waals surface area contributed by atoms with Gasteiger partial charge in [0.2, 0.25) is 0 Å². The number of aromatic nitrogens is 2. The van der Waals surface area contributed by atoms with E-state index in [9.17, 15) is 9.59 Å². The van der Waals surface area contributed by atoms with Gasteiger partial charge in [-0.15, -0.1) is 0 Å². The van der Waals surface area contributed by atoms with Crippen molar-refractivity contribution < 1.29 is 9.59 Å². The Morgan fingerprint density at radius 1 is 0.469 bits per heavy atom. The van der Waals surface area contributed by atoms with E-state index in [0.29, 0.717) is 39.0 Å². The fraction of sp³-hybridized carbons (Fsp3) is 0. The number of nitrogens with zero attached hydrogens (tertiary/aromatic N) is 2. The standard InChI is InChI=1S/C28H16N2O2/c31-27-19-13-7-8-14-20(19)28(32)23-21(27)15-16-22-26(23)30-25(18-11-5-2-6-12-18)24(29-22)17-9-3-1-4-10-17/h1-16H. The van der Waals surface area contributed by atoms with Crippen molar-refractivity contribution >= 4 is 22.6 Å². The molecule has 0 saturated heterocycles. The van der Waals surface area contributed by atoms with Crippen LogP contribution >= 0.6 is 0 Å². The maximum absolute atomic E-state index is 13.5. The van der Waals surface area contributed by atoms with Crippen molar-refractivity contribution in [2.45, 2.75) is 0 Å². The molecule has 0 spiro atoms. The van der Waals surface area contributed by atoms with Gasteiger partial charge < -0.3 is 0 Å². The highest BCUT2D eigenvalue weighted by atomic mass is 16.1. The number of carbonyl (C=O) groups is 2. The molecule has 4 nitrogen and oxygen atoms in total. The van der Waals surface area contributed by atoms with Gasteiger partial charge in [-0.3, -0.25) is 9.59 Å². The molecule has 1 aromatic heterocycles. The Morgan fingerprint density at radius 2 is 1.00 bits per heavy atom. The lowest BCUT2D eigenvalue weighted by atomic mass is 9.83. The Balaban J connectivity index is 1.69. The van der Waals surface area contributed by atoms with Gasteiger partial charge in [-0.1, -0.05) is 84.9 Å². The Kier molecular flexibility index (Phi) is 4.05. The molecule has 0 amide bonds. The zero-order valence-corrected chi connectivity index (χ0v) is 16.9. The van der Waals surface area contributed by atoms with Gasteiger partial charge in [-0.05, 0) is 12.1 Å². The quantitative estimate of drug-likeness (QED) is 0.364. The SMILES string of the molecule is O=C1c2ccccc2C(=O)c2c1ccc1nc(-c3ccccc3)c(-c3ccccc3)nc21. The molecule has 1 aliphatic carbocycles. The second kappa shape index (κ2) is 7.06. The van der Waals surface area contributed by atoms with Crippen LogP contribution in [-0.2, 0) is 0 Å². The van der Waals surface area contributed by atoms with Crippen molar-refractivity contribution in [3.8, 4) is 22.5 Å². The second-order valence-corrected chi connectivity index (χ2v) is 7.71. The lowest BCUT2D eigenvalue weighted by molar-refractivity contribution is 0.0980. The molecule has 1 heterocycles. The molecule has 4 heteroatoms. The highest BCUT2D eigenvalue weighted by Crippen LogP contribution is 2.35. The van der Waals surface area contributed by atoms with E-state index >= 15 is 0 Å². The first kappa shape index (κ1) is 18.3. The molecular weight excluding hydrogens is 396 g/mol. The van der Waals surface area contributed by atoms with Crippen molar-refractivity contribution in [1.82, 2.24) is 9.97 Å². The van der Waals surface area contributed by atoms with Crippen LogP contribution in [0.1, 0.15) is 31.8 Å². The summed E-state index contributed by atoms with van der Waals surface area (Å²) in [7, 11) is 0. The van der Waals surface area contributed by atoms with Crippen LogP contribution in [0, 0.1) is 0 Å². The highest BCUT2D eigenvalue weighted by Gasteiger charge is 2.32. The van der Waals surface area contributed by atoms with Gasteiger partial charge in [0.05, 0.1) is 22.5 Å². The van der Waals surface area contributed by atoms with Crippen molar-refractivity contribution in [2.75, 3.05) is 0 Å². The van der Waals surface area contributed by atoms with Gasteiger partial charge in [0.15, 0.2) is 11.6 Å². The van der Waals surface area contributed by atoms with E-state index in [4.69, 9.17) is 9.97 Å². The number of ketones is 2. The van der Waals surface area contributed by atoms with Crippen molar-refractivity contribution in [3.63, 3.8) is 0 Å². The second-order valence-electron chi connectivity index (χ2n) is 7.71. The lowest BCUT2D eigenvalue weighted by Gasteiger charge is -2.19. The zero-order valence-electron chi connectivity index (χ0n) is 16.9. The Labute approximate surface area is 184 Å². The van der Waals surface area contributed by atoms with Crippen molar-refractivity contribution in [2.24, 2.45) is 0 Å². The van der Waals surface area contributed by atoms with Crippen LogP contribution in [0.15, 0.2) is 97.1 Å². The lowest BCUT2D eigenvalue weighted by Crippen LogP contribution is -2.21. The average Bonchev–Trinajstić information content (AvgIpc) is 2.87. The smallest absolute Gasteiger partial charge is 0.196 e. The molecule has 0 bridgehead atoms. The number of hydrogen-bond donors (Lipinski definition) is 0. The summed E-state index contributed by atoms with van der Waals surface area (Å²) in [6, 6.07) is 30.1. The monoisotopic (exact) mass is 412 g/mol. The third-order valence-electron chi connectivity index (χ3n) is 5.82. The molecule has 4 aromatic carbocycles. The number of benzene rings is 4. The molecule has 150 valence electrons. The molecule has 0 radical (unpaired) electrons. The molecule has 1 aliphatic rings. The molecule has 0 unspecified atom stereocenters. The third-order valence-corrected chi connectivity index (χ3v) is 5.82.